The fourth-order valence-electron chi connectivity index (χ4n) is 3.63. The van der Waals surface area contributed by atoms with Gasteiger partial charge in [0.15, 0.2) is 11.5 Å². The summed E-state index contributed by atoms with van der Waals surface area (Å²) in [6, 6.07) is 15.1. The molecule has 32 heavy (non-hydrogen) atoms. The van der Waals surface area contributed by atoms with Crippen LogP contribution in [-0.4, -0.2) is 42.2 Å². The summed E-state index contributed by atoms with van der Waals surface area (Å²) in [5.74, 6) is 0.517. The zero-order valence-corrected chi connectivity index (χ0v) is 17.9. The summed E-state index contributed by atoms with van der Waals surface area (Å²) < 4.78 is 30.6. The van der Waals surface area contributed by atoms with Crippen LogP contribution < -0.4 is 9.47 Å². The number of carbonyl (C=O) groups is 1. The van der Waals surface area contributed by atoms with Gasteiger partial charge in [-0.1, -0.05) is 18.2 Å². The van der Waals surface area contributed by atoms with E-state index in [1.165, 1.54) is 18.2 Å². The molecule has 1 aliphatic heterocycles. The van der Waals surface area contributed by atoms with Gasteiger partial charge in [-0.15, -0.1) is 0 Å². The van der Waals surface area contributed by atoms with Gasteiger partial charge in [-0.2, -0.15) is 0 Å². The van der Waals surface area contributed by atoms with E-state index in [1.54, 1.807) is 30.5 Å². The van der Waals surface area contributed by atoms with Crippen molar-refractivity contribution in [1.29, 1.82) is 0 Å². The highest BCUT2D eigenvalue weighted by Gasteiger charge is 2.21. The molecule has 3 aromatic rings. The predicted molar refractivity (Wildman–Crippen MR) is 117 cm³/mol. The molecule has 2 aromatic carbocycles. The number of aromatic nitrogens is 1. The number of ether oxygens (including phenoxy) is 3. The highest BCUT2D eigenvalue weighted by atomic mass is 19.1. The van der Waals surface area contributed by atoms with E-state index in [1.807, 2.05) is 30.3 Å². The Morgan fingerprint density at radius 2 is 2.00 bits per heavy atom. The van der Waals surface area contributed by atoms with Gasteiger partial charge in [0.05, 0.1) is 20.3 Å². The van der Waals surface area contributed by atoms with Crippen molar-refractivity contribution < 1.29 is 23.4 Å². The molecule has 0 saturated carbocycles. The summed E-state index contributed by atoms with van der Waals surface area (Å²) in [5, 5.41) is 0. The molecule has 1 atom stereocenters. The quantitative estimate of drug-likeness (QED) is 0.529. The first-order valence-electron chi connectivity index (χ1n) is 10.5. The molecule has 1 fully saturated rings. The molecule has 1 saturated heterocycles. The van der Waals surface area contributed by atoms with Crippen LogP contribution in [0.3, 0.4) is 0 Å². The maximum atomic E-state index is 13.7. The number of hydrogen-bond acceptors (Lipinski definition) is 5. The third kappa shape index (κ3) is 5.42. The summed E-state index contributed by atoms with van der Waals surface area (Å²) in [5.41, 5.74) is 2.04. The number of pyridine rings is 1. The second kappa shape index (κ2) is 10.2. The highest BCUT2D eigenvalue weighted by Crippen LogP contribution is 2.31. The predicted octanol–water partition coefficient (Wildman–Crippen LogP) is 4.24. The van der Waals surface area contributed by atoms with Crippen LogP contribution in [0.25, 0.3) is 0 Å². The second-order valence-electron chi connectivity index (χ2n) is 7.62. The van der Waals surface area contributed by atoms with Crippen molar-refractivity contribution in [3.8, 4) is 11.5 Å². The Morgan fingerprint density at radius 1 is 1.12 bits per heavy atom. The summed E-state index contributed by atoms with van der Waals surface area (Å²) >= 11 is 0. The molecule has 1 amide bonds. The second-order valence-corrected chi connectivity index (χ2v) is 7.62. The van der Waals surface area contributed by atoms with Crippen molar-refractivity contribution in [2.75, 3.05) is 20.3 Å². The number of rotatable bonds is 8. The Hall–Kier alpha value is -3.45. The average Bonchev–Trinajstić information content (AvgIpc) is 3.33. The molecule has 7 heteroatoms. The molecular weight excluding hydrogens is 411 g/mol. The van der Waals surface area contributed by atoms with E-state index in [4.69, 9.17) is 14.2 Å². The van der Waals surface area contributed by atoms with Crippen molar-refractivity contribution in [2.45, 2.75) is 25.6 Å². The van der Waals surface area contributed by atoms with Gasteiger partial charge in [-0.05, 0) is 47.5 Å². The molecule has 1 aromatic heterocycles. The molecular formula is C25H25FN2O4. The topological polar surface area (TPSA) is 60.9 Å². The third-order valence-electron chi connectivity index (χ3n) is 5.24. The van der Waals surface area contributed by atoms with Gasteiger partial charge in [-0.25, -0.2) is 4.39 Å². The van der Waals surface area contributed by atoms with E-state index >= 15 is 0 Å². The molecule has 0 aliphatic carbocycles. The maximum Gasteiger partial charge on any atom is 0.254 e. The van der Waals surface area contributed by atoms with E-state index in [9.17, 15) is 9.18 Å². The summed E-state index contributed by atoms with van der Waals surface area (Å²) in [6.07, 6.45) is 4.24. The largest absolute Gasteiger partial charge is 0.493 e. The molecule has 0 bridgehead atoms. The van der Waals surface area contributed by atoms with E-state index in [0.29, 0.717) is 43.4 Å². The van der Waals surface area contributed by atoms with Crippen LogP contribution >= 0.6 is 0 Å². The number of amides is 1. The Labute approximate surface area is 186 Å². The monoisotopic (exact) mass is 436 g/mol. The number of benzene rings is 2. The van der Waals surface area contributed by atoms with Crippen LogP contribution in [0, 0.1) is 5.82 Å². The lowest BCUT2D eigenvalue weighted by molar-refractivity contribution is 0.0729. The van der Waals surface area contributed by atoms with Crippen LogP contribution in [-0.2, 0) is 17.8 Å². The van der Waals surface area contributed by atoms with E-state index in [2.05, 4.69) is 4.98 Å². The van der Waals surface area contributed by atoms with Gasteiger partial charge >= 0.3 is 0 Å². The van der Waals surface area contributed by atoms with Gasteiger partial charge in [0.25, 0.3) is 5.91 Å². The Kier molecular flexibility index (Phi) is 6.97. The summed E-state index contributed by atoms with van der Waals surface area (Å²) in [6.45, 7) is 1.90. The number of nitrogens with zero attached hydrogens (tertiary/aromatic N) is 2. The SMILES string of the molecule is COc1cc(CN(Cc2cccnc2)C(=O)c2cccc(F)c2)ccc1O[C@@H]1CCOC1. The van der Waals surface area contributed by atoms with Crippen LogP contribution in [0.2, 0.25) is 0 Å². The fraction of sp³-hybridized carbons (Fsp3) is 0.280. The van der Waals surface area contributed by atoms with E-state index < -0.39 is 5.82 Å². The Bertz CT molecular complexity index is 1050. The highest BCUT2D eigenvalue weighted by molar-refractivity contribution is 5.94. The molecule has 4 rings (SSSR count). The van der Waals surface area contributed by atoms with Gasteiger partial charge in [0.1, 0.15) is 11.9 Å². The van der Waals surface area contributed by atoms with Gasteiger partial charge < -0.3 is 19.1 Å². The fourth-order valence-corrected chi connectivity index (χ4v) is 3.63. The van der Waals surface area contributed by atoms with Gasteiger partial charge in [0.2, 0.25) is 0 Å². The van der Waals surface area contributed by atoms with Gasteiger partial charge in [0, 0.05) is 37.5 Å². The van der Waals surface area contributed by atoms with Crippen molar-refractivity contribution >= 4 is 5.91 Å². The molecule has 0 unspecified atom stereocenters. The van der Waals surface area contributed by atoms with Crippen molar-refractivity contribution in [3.63, 3.8) is 0 Å². The lowest BCUT2D eigenvalue weighted by Crippen LogP contribution is -2.30. The smallest absolute Gasteiger partial charge is 0.254 e. The zero-order chi connectivity index (χ0) is 22.3. The van der Waals surface area contributed by atoms with Crippen LogP contribution in [0.15, 0.2) is 67.0 Å². The molecule has 6 nitrogen and oxygen atoms in total. The standard InChI is InChI=1S/C25H25FN2O4/c1-30-24-12-18(7-8-23(24)32-22-9-11-31-17-22)15-28(16-19-4-3-10-27-14-19)25(29)20-5-2-6-21(26)13-20/h2-8,10,12-14,22H,9,11,15-17H2,1H3/t22-/m1/s1. The number of methoxy groups -OCH3 is 1. The molecule has 0 spiro atoms. The van der Waals surface area contributed by atoms with Crippen molar-refractivity contribution in [2.24, 2.45) is 0 Å². The third-order valence-corrected chi connectivity index (χ3v) is 5.24. The number of halogens is 1. The average molecular weight is 436 g/mol. The lowest BCUT2D eigenvalue weighted by Gasteiger charge is -2.24. The minimum Gasteiger partial charge on any atom is -0.493 e. The maximum absolute atomic E-state index is 13.7. The van der Waals surface area contributed by atoms with Crippen molar-refractivity contribution in [3.05, 3.63) is 89.5 Å². The van der Waals surface area contributed by atoms with Crippen LogP contribution in [0.1, 0.15) is 27.9 Å². The Morgan fingerprint density at radius 3 is 2.72 bits per heavy atom. The van der Waals surface area contributed by atoms with Gasteiger partial charge in [-0.3, -0.25) is 9.78 Å². The minimum atomic E-state index is -0.448. The Balaban J connectivity index is 1.57. The minimum absolute atomic E-state index is 0.00591. The molecule has 166 valence electrons. The summed E-state index contributed by atoms with van der Waals surface area (Å²) in [7, 11) is 1.59. The lowest BCUT2D eigenvalue weighted by atomic mass is 10.1. The van der Waals surface area contributed by atoms with E-state index in [-0.39, 0.29) is 12.0 Å². The molecule has 2 heterocycles. The first-order valence-corrected chi connectivity index (χ1v) is 10.5. The number of carbonyl (C=O) groups excluding carboxylic acids is 1. The van der Waals surface area contributed by atoms with Crippen LogP contribution in [0.5, 0.6) is 11.5 Å². The normalized spacial score (nSPS) is 15.4. The van der Waals surface area contributed by atoms with Crippen molar-refractivity contribution in [1.82, 2.24) is 9.88 Å². The molecule has 0 N–H and O–H groups in total. The number of hydrogen-bond donors (Lipinski definition) is 0. The molecule has 0 radical (unpaired) electrons. The first-order chi connectivity index (χ1) is 15.6. The zero-order valence-electron chi connectivity index (χ0n) is 17.9. The van der Waals surface area contributed by atoms with E-state index in [0.717, 1.165) is 17.5 Å². The first kappa shape index (κ1) is 21.8. The van der Waals surface area contributed by atoms with Crippen LogP contribution in [0.4, 0.5) is 4.39 Å². The molecule has 1 aliphatic rings. The summed E-state index contributed by atoms with van der Waals surface area (Å²) in [4.78, 5) is 19.0.